The van der Waals surface area contributed by atoms with Gasteiger partial charge in [0.1, 0.15) is 0 Å². The highest BCUT2D eigenvalue weighted by molar-refractivity contribution is 5.46. The summed E-state index contributed by atoms with van der Waals surface area (Å²) in [6.45, 7) is 4.17. The van der Waals surface area contributed by atoms with E-state index in [2.05, 4.69) is 16.8 Å². The van der Waals surface area contributed by atoms with E-state index in [1.165, 1.54) is 6.20 Å². The molecule has 76 valence electrons. The van der Waals surface area contributed by atoms with Crippen molar-refractivity contribution in [2.45, 2.75) is 19.8 Å². The van der Waals surface area contributed by atoms with Crippen LogP contribution in [0.5, 0.6) is 0 Å². The zero-order chi connectivity index (χ0) is 9.97. The van der Waals surface area contributed by atoms with Crippen molar-refractivity contribution in [2.24, 2.45) is 5.92 Å². The summed E-state index contributed by atoms with van der Waals surface area (Å²) in [5, 5.41) is 0. The van der Waals surface area contributed by atoms with Crippen molar-refractivity contribution in [3.05, 3.63) is 24.3 Å². The van der Waals surface area contributed by atoms with Crippen LogP contribution in [0.2, 0.25) is 0 Å². The normalized spacial score (nSPS) is 18.6. The van der Waals surface area contributed by atoms with Gasteiger partial charge in [-0.2, -0.15) is 0 Å². The molecule has 0 amide bonds. The molecule has 1 fully saturated rings. The molecule has 0 atom stereocenters. The van der Waals surface area contributed by atoms with E-state index < -0.39 is 0 Å². The van der Waals surface area contributed by atoms with Gasteiger partial charge in [-0.25, -0.2) is 4.39 Å². The Kier molecular flexibility index (Phi) is 2.66. The number of pyridine rings is 1. The molecule has 0 N–H and O–H groups in total. The van der Waals surface area contributed by atoms with Gasteiger partial charge in [-0.1, -0.05) is 6.92 Å². The second-order valence-electron chi connectivity index (χ2n) is 4.00. The Balaban J connectivity index is 2.12. The Morgan fingerprint density at radius 3 is 2.79 bits per heavy atom. The van der Waals surface area contributed by atoms with Crippen LogP contribution < -0.4 is 4.90 Å². The van der Waals surface area contributed by atoms with E-state index in [-0.39, 0.29) is 5.82 Å². The molecular weight excluding hydrogens is 179 g/mol. The molecule has 0 aromatic carbocycles. The van der Waals surface area contributed by atoms with Gasteiger partial charge in [0.25, 0.3) is 0 Å². The highest BCUT2D eigenvalue weighted by atomic mass is 19.1. The predicted octanol–water partition coefficient (Wildman–Crippen LogP) is 2.46. The molecule has 2 nitrogen and oxygen atoms in total. The maximum atomic E-state index is 13.4. The number of rotatable bonds is 1. The SMILES string of the molecule is CC1CCN(c2ccncc2F)CC1. The summed E-state index contributed by atoms with van der Waals surface area (Å²) in [4.78, 5) is 5.86. The summed E-state index contributed by atoms with van der Waals surface area (Å²) in [7, 11) is 0. The van der Waals surface area contributed by atoms with Crippen LogP contribution in [-0.2, 0) is 0 Å². The summed E-state index contributed by atoms with van der Waals surface area (Å²) < 4.78 is 13.4. The number of aromatic nitrogens is 1. The fraction of sp³-hybridized carbons (Fsp3) is 0.545. The molecule has 14 heavy (non-hydrogen) atoms. The van der Waals surface area contributed by atoms with Crippen LogP contribution in [0.3, 0.4) is 0 Å². The predicted molar refractivity (Wildman–Crippen MR) is 54.8 cm³/mol. The van der Waals surface area contributed by atoms with E-state index >= 15 is 0 Å². The minimum atomic E-state index is -0.206. The van der Waals surface area contributed by atoms with E-state index in [0.717, 1.165) is 31.8 Å². The van der Waals surface area contributed by atoms with E-state index in [9.17, 15) is 4.39 Å². The van der Waals surface area contributed by atoms with Crippen LogP contribution >= 0.6 is 0 Å². The Morgan fingerprint density at radius 1 is 1.43 bits per heavy atom. The topological polar surface area (TPSA) is 16.1 Å². The summed E-state index contributed by atoms with van der Waals surface area (Å²) in [5.41, 5.74) is 0.701. The zero-order valence-corrected chi connectivity index (χ0v) is 8.41. The molecule has 0 spiro atoms. The average Bonchev–Trinajstić information content (AvgIpc) is 2.20. The molecule has 0 radical (unpaired) electrons. The van der Waals surface area contributed by atoms with Crippen LogP contribution in [0.4, 0.5) is 10.1 Å². The minimum absolute atomic E-state index is 0.206. The van der Waals surface area contributed by atoms with Crippen molar-refractivity contribution in [3.63, 3.8) is 0 Å². The molecule has 2 heterocycles. The van der Waals surface area contributed by atoms with E-state index in [4.69, 9.17) is 0 Å². The summed E-state index contributed by atoms with van der Waals surface area (Å²) >= 11 is 0. The van der Waals surface area contributed by atoms with Gasteiger partial charge < -0.3 is 4.90 Å². The molecule has 1 aromatic rings. The third kappa shape index (κ3) is 1.86. The lowest BCUT2D eigenvalue weighted by Gasteiger charge is -2.32. The second kappa shape index (κ2) is 3.95. The Labute approximate surface area is 83.8 Å². The van der Waals surface area contributed by atoms with Crippen molar-refractivity contribution in [1.82, 2.24) is 4.98 Å². The monoisotopic (exact) mass is 194 g/mol. The molecule has 1 aliphatic heterocycles. The Morgan fingerprint density at radius 2 is 2.14 bits per heavy atom. The third-order valence-electron chi connectivity index (χ3n) is 2.88. The Hall–Kier alpha value is -1.12. The van der Waals surface area contributed by atoms with Gasteiger partial charge in [0.2, 0.25) is 0 Å². The van der Waals surface area contributed by atoms with Crippen molar-refractivity contribution >= 4 is 5.69 Å². The first-order valence-corrected chi connectivity index (χ1v) is 5.12. The van der Waals surface area contributed by atoms with Crippen molar-refractivity contribution in [1.29, 1.82) is 0 Å². The number of halogens is 1. The number of anilines is 1. The van der Waals surface area contributed by atoms with Crippen molar-refractivity contribution in [3.8, 4) is 0 Å². The quantitative estimate of drug-likeness (QED) is 0.682. The summed E-state index contributed by atoms with van der Waals surface area (Å²) in [5.74, 6) is 0.568. The molecule has 1 aromatic heterocycles. The van der Waals surface area contributed by atoms with Gasteiger partial charge in [-0.15, -0.1) is 0 Å². The first-order chi connectivity index (χ1) is 6.77. The lowest BCUT2D eigenvalue weighted by molar-refractivity contribution is 0.434. The number of hydrogen-bond acceptors (Lipinski definition) is 2. The maximum Gasteiger partial charge on any atom is 0.164 e. The van der Waals surface area contributed by atoms with Crippen LogP contribution in [0.25, 0.3) is 0 Å². The van der Waals surface area contributed by atoms with Crippen molar-refractivity contribution < 1.29 is 4.39 Å². The molecule has 0 unspecified atom stereocenters. The summed E-state index contributed by atoms with van der Waals surface area (Å²) in [6, 6.07) is 1.76. The average molecular weight is 194 g/mol. The number of nitrogens with zero attached hydrogens (tertiary/aromatic N) is 2. The lowest BCUT2D eigenvalue weighted by atomic mass is 9.99. The fourth-order valence-electron chi connectivity index (χ4n) is 1.87. The van der Waals surface area contributed by atoms with Gasteiger partial charge in [-0.3, -0.25) is 4.98 Å². The molecule has 2 rings (SSSR count). The lowest BCUT2D eigenvalue weighted by Crippen LogP contribution is -2.33. The standard InChI is InChI=1S/C11H15FN2/c1-9-3-6-14(7-4-9)11-2-5-13-8-10(11)12/h2,5,8-9H,3-4,6-7H2,1H3. The second-order valence-corrected chi connectivity index (χ2v) is 4.00. The van der Waals surface area contributed by atoms with Gasteiger partial charge in [0, 0.05) is 19.3 Å². The van der Waals surface area contributed by atoms with Gasteiger partial charge in [-0.05, 0) is 24.8 Å². The zero-order valence-electron chi connectivity index (χ0n) is 8.41. The largest absolute Gasteiger partial charge is 0.369 e. The first-order valence-electron chi connectivity index (χ1n) is 5.12. The smallest absolute Gasteiger partial charge is 0.164 e. The van der Waals surface area contributed by atoms with Gasteiger partial charge >= 0.3 is 0 Å². The third-order valence-corrected chi connectivity index (χ3v) is 2.88. The van der Waals surface area contributed by atoms with Crippen LogP contribution in [0, 0.1) is 11.7 Å². The van der Waals surface area contributed by atoms with Crippen molar-refractivity contribution in [2.75, 3.05) is 18.0 Å². The molecule has 0 saturated carbocycles. The van der Waals surface area contributed by atoms with E-state index in [1.54, 1.807) is 12.3 Å². The highest BCUT2D eigenvalue weighted by Gasteiger charge is 2.17. The molecule has 1 saturated heterocycles. The van der Waals surface area contributed by atoms with E-state index in [1.807, 2.05) is 0 Å². The van der Waals surface area contributed by atoms with Gasteiger partial charge in [0.05, 0.1) is 11.9 Å². The fourth-order valence-corrected chi connectivity index (χ4v) is 1.87. The Bertz CT molecular complexity index is 306. The van der Waals surface area contributed by atoms with Crippen LogP contribution in [0.15, 0.2) is 18.5 Å². The number of piperidine rings is 1. The maximum absolute atomic E-state index is 13.4. The van der Waals surface area contributed by atoms with Gasteiger partial charge in [0.15, 0.2) is 5.82 Å². The molecule has 0 aliphatic carbocycles. The van der Waals surface area contributed by atoms with Crippen LogP contribution in [-0.4, -0.2) is 18.1 Å². The van der Waals surface area contributed by atoms with E-state index in [0.29, 0.717) is 5.69 Å². The minimum Gasteiger partial charge on any atom is -0.369 e. The first kappa shape index (κ1) is 9.44. The molecule has 1 aliphatic rings. The highest BCUT2D eigenvalue weighted by Crippen LogP contribution is 2.24. The van der Waals surface area contributed by atoms with Crippen LogP contribution in [0.1, 0.15) is 19.8 Å². The molecule has 3 heteroatoms. The summed E-state index contributed by atoms with van der Waals surface area (Å²) in [6.07, 6.45) is 5.24. The molecular formula is C11H15FN2. The number of hydrogen-bond donors (Lipinski definition) is 0. The molecule has 0 bridgehead atoms.